The Morgan fingerprint density at radius 2 is 1.95 bits per heavy atom. The summed E-state index contributed by atoms with van der Waals surface area (Å²) >= 11 is 0. The first kappa shape index (κ1) is 11.8. The van der Waals surface area contributed by atoms with Gasteiger partial charge in [-0.1, -0.05) is 12.1 Å². The molecule has 0 bridgehead atoms. The van der Waals surface area contributed by atoms with Gasteiger partial charge in [0, 0.05) is 12.6 Å². The molecule has 1 aromatic carbocycles. The van der Waals surface area contributed by atoms with Crippen molar-refractivity contribution in [2.75, 3.05) is 7.11 Å². The van der Waals surface area contributed by atoms with Crippen molar-refractivity contribution in [2.24, 2.45) is 0 Å². The third kappa shape index (κ3) is 2.32. The van der Waals surface area contributed by atoms with Crippen molar-refractivity contribution in [1.82, 2.24) is 9.38 Å². The van der Waals surface area contributed by atoms with Gasteiger partial charge in [0.25, 0.3) is 0 Å². The van der Waals surface area contributed by atoms with Gasteiger partial charge in [-0.2, -0.15) is 0 Å². The number of methoxy groups -OCH3 is 1. The van der Waals surface area contributed by atoms with Gasteiger partial charge in [-0.3, -0.25) is 0 Å². The summed E-state index contributed by atoms with van der Waals surface area (Å²) in [6, 6.07) is 12.4. The molecule has 0 amide bonds. The molecule has 0 atom stereocenters. The Morgan fingerprint density at radius 3 is 2.68 bits per heavy atom. The highest BCUT2D eigenvalue weighted by atomic mass is 16.5. The molecular weight excluding hydrogens is 236 g/mol. The van der Waals surface area contributed by atoms with Crippen molar-refractivity contribution in [1.29, 1.82) is 0 Å². The lowest BCUT2D eigenvalue weighted by molar-refractivity contribution is 0.414. The maximum absolute atomic E-state index is 5.17. The fourth-order valence-electron chi connectivity index (χ4n) is 2.22. The largest absolute Gasteiger partial charge is 0.497 e. The molecule has 0 aliphatic heterocycles. The van der Waals surface area contributed by atoms with Crippen molar-refractivity contribution < 1.29 is 4.74 Å². The molecule has 2 heterocycles. The van der Waals surface area contributed by atoms with E-state index in [1.807, 2.05) is 18.3 Å². The van der Waals surface area contributed by atoms with Crippen LogP contribution < -0.4 is 4.74 Å². The number of benzene rings is 1. The summed E-state index contributed by atoms with van der Waals surface area (Å²) in [5.74, 6) is 1.94. The molecule has 0 fully saturated rings. The van der Waals surface area contributed by atoms with Gasteiger partial charge in [0.15, 0.2) is 0 Å². The number of nitrogens with zero attached hydrogens (tertiary/aromatic N) is 2. The topological polar surface area (TPSA) is 26.5 Å². The van der Waals surface area contributed by atoms with Crippen molar-refractivity contribution in [3.05, 3.63) is 65.7 Å². The van der Waals surface area contributed by atoms with Crippen LogP contribution in [0.15, 0.2) is 48.8 Å². The normalized spacial score (nSPS) is 10.8. The molecule has 0 aliphatic carbocycles. The molecule has 0 saturated heterocycles. The maximum atomic E-state index is 5.17. The van der Waals surface area contributed by atoms with Gasteiger partial charge in [-0.25, -0.2) is 4.98 Å². The molecule has 0 aliphatic rings. The summed E-state index contributed by atoms with van der Waals surface area (Å²) < 4.78 is 7.30. The minimum absolute atomic E-state index is 0.821. The number of imidazole rings is 1. The molecule has 0 N–H and O–H groups in total. The second-order valence-electron chi connectivity index (χ2n) is 4.70. The first-order valence-corrected chi connectivity index (χ1v) is 6.32. The fraction of sp³-hybridized carbons (Fsp3) is 0.188. The van der Waals surface area contributed by atoms with Crippen LogP contribution in [0.2, 0.25) is 0 Å². The van der Waals surface area contributed by atoms with E-state index in [2.05, 4.69) is 46.8 Å². The Labute approximate surface area is 112 Å². The minimum Gasteiger partial charge on any atom is -0.497 e. The van der Waals surface area contributed by atoms with Crippen LogP contribution in [0.1, 0.15) is 17.0 Å². The van der Waals surface area contributed by atoms with Crippen LogP contribution in [0, 0.1) is 6.92 Å². The van der Waals surface area contributed by atoms with E-state index in [4.69, 9.17) is 4.74 Å². The van der Waals surface area contributed by atoms with Crippen molar-refractivity contribution >= 4 is 5.52 Å². The second kappa shape index (κ2) is 4.76. The Balaban J connectivity index is 1.92. The van der Waals surface area contributed by atoms with E-state index in [9.17, 15) is 0 Å². The highest BCUT2D eigenvalue weighted by Gasteiger charge is 2.04. The van der Waals surface area contributed by atoms with Gasteiger partial charge >= 0.3 is 0 Å². The summed E-state index contributed by atoms with van der Waals surface area (Å²) in [5, 5.41) is 0. The number of ether oxygens (including phenoxy) is 1. The summed E-state index contributed by atoms with van der Waals surface area (Å²) in [5.41, 5.74) is 3.63. The minimum atomic E-state index is 0.821. The molecule has 2 aromatic heterocycles. The molecule has 0 radical (unpaired) electrons. The zero-order valence-electron chi connectivity index (χ0n) is 11.1. The highest BCUT2D eigenvalue weighted by molar-refractivity contribution is 5.48. The van der Waals surface area contributed by atoms with E-state index in [0.29, 0.717) is 0 Å². The molecule has 19 heavy (non-hydrogen) atoms. The molecule has 0 unspecified atom stereocenters. The van der Waals surface area contributed by atoms with E-state index in [0.717, 1.165) is 23.5 Å². The molecule has 3 aromatic rings. The van der Waals surface area contributed by atoms with Gasteiger partial charge in [0.1, 0.15) is 11.6 Å². The van der Waals surface area contributed by atoms with Crippen LogP contribution in [0.4, 0.5) is 0 Å². The Bertz CT molecular complexity index is 698. The molecular formula is C16H16N2O. The number of hydrogen-bond donors (Lipinski definition) is 0. The molecule has 3 heteroatoms. The standard InChI is InChI=1S/C16H16N2O/c1-12-7-8-18-14(9-12)11-17-16(18)10-13-3-5-15(19-2)6-4-13/h3-9,11H,10H2,1-2H3. The Kier molecular flexibility index (Phi) is 2.95. The molecule has 3 nitrogen and oxygen atoms in total. The average Bonchev–Trinajstić information content (AvgIpc) is 2.82. The van der Waals surface area contributed by atoms with Crippen LogP contribution in [0.3, 0.4) is 0 Å². The van der Waals surface area contributed by atoms with Crippen molar-refractivity contribution in [3.63, 3.8) is 0 Å². The number of hydrogen-bond acceptors (Lipinski definition) is 2. The van der Waals surface area contributed by atoms with E-state index in [1.165, 1.54) is 11.1 Å². The van der Waals surface area contributed by atoms with E-state index < -0.39 is 0 Å². The lowest BCUT2D eigenvalue weighted by Crippen LogP contribution is -1.96. The summed E-state index contributed by atoms with van der Waals surface area (Å²) in [6.45, 7) is 2.09. The fourth-order valence-corrected chi connectivity index (χ4v) is 2.22. The molecule has 96 valence electrons. The van der Waals surface area contributed by atoms with Crippen LogP contribution in [-0.4, -0.2) is 16.5 Å². The number of rotatable bonds is 3. The lowest BCUT2D eigenvalue weighted by atomic mass is 10.1. The van der Waals surface area contributed by atoms with Crippen LogP contribution in [0.5, 0.6) is 5.75 Å². The molecule has 3 rings (SSSR count). The molecule has 0 spiro atoms. The quantitative estimate of drug-likeness (QED) is 0.715. The maximum Gasteiger partial charge on any atom is 0.118 e. The summed E-state index contributed by atoms with van der Waals surface area (Å²) in [4.78, 5) is 4.51. The van der Waals surface area contributed by atoms with E-state index >= 15 is 0 Å². The van der Waals surface area contributed by atoms with Crippen LogP contribution >= 0.6 is 0 Å². The first-order valence-electron chi connectivity index (χ1n) is 6.32. The summed E-state index contributed by atoms with van der Waals surface area (Å²) in [7, 11) is 1.68. The third-order valence-corrected chi connectivity index (χ3v) is 3.29. The Hall–Kier alpha value is -2.29. The summed E-state index contributed by atoms with van der Waals surface area (Å²) in [6.07, 6.45) is 4.82. The van der Waals surface area contributed by atoms with Gasteiger partial charge in [0.05, 0.1) is 18.8 Å². The van der Waals surface area contributed by atoms with Crippen LogP contribution in [-0.2, 0) is 6.42 Å². The Morgan fingerprint density at radius 1 is 1.16 bits per heavy atom. The second-order valence-corrected chi connectivity index (χ2v) is 4.70. The lowest BCUT2D eigenvalue weighted by Gasteiger charge is -2.04. The van der Waals surface area contributed by atoms with Crippen LogP contribution in [0.25, 0.3) is 5.52 Å². The van der Waals surface area contributed by atoms with E-state index in [-0.39, 0.29) is 0 Å². The number of fused-ring (bicyclic) bond motifs is 1. The van der Waals surface area contributed by atoms with Gasteiger partial charge < -0.3 is 9.14 Å². The monoisotopic (exact) mass is 252 g/mol. The van der Waals surface area contributed by atoms with Gasteiger partial charge in [-0.05, 0) is 42.3 Å². The van der Waals surface area contributed by atoms with E-state index in [1.54, 1.807) is 7.11 Å². The number of aryl methyl sites for hydroxylation is 1. The van der Waals surface area contributed by atoms with Gasteiger partial charge in [-0.15, -0.1) is 0 Å². The zero-order valence-corrected chi connectivity index (χ0v) is 11.1. The average molecular weight is 252 g/mol. The predicted octanol–water partition coefficient (Wildman–Crippen LogP) is 3.24. The van der Waals surface area contributed by atoms with Crippen molar-refractivity contribution in [3.8, 4) is 5.75 Å². The highest BCUT2D eigenvalue weighted by Crippen LogP contribution is 2.16. The van der Waals surface area contributed by atoms with Gasteiger partial charge in [0.2, 0.25) is 0 Å². The zero-order chi connectivity index (χ0) is 13.2. The third-order valence-electron chi connectivity index (χ3n) is 3.29. The molecule has 0 saturated carbocycles. The smallest absolute Gasteiger partial charge is 0.118 e. The number of aromatic nitrogens is 2. The van der Waals surface area contributed by atoms with Crippen molar-refractivity contribution in [2.45, 2.75) is 13.3 Å². The SMILES string of the molecule is COc1ccc(Cc2ncc3cc(C)ccn23)cc1. The first-order chi connectivity index (χ1) is 9.26. The number of pyridine rings is 1. The predicted molar refractivity (Wildman–Crippen MR) is 75.7 cm³/mol.